The van der Waals surface area contributed by atoms with E-state index in [0.29, 0.717) is 36.2 Å². The van der Waals surface area contributed by atoms with Gasteiger partial charge in [0.2, 0.25) is 5.76 Å². The van der Waals surface area contributed by atoms with Gasteiger partial charge in [-0.2, -0.15) is 0 Å². The number of nitrogens with one attached hydrogen (secondary N) is 1. The van der Waals surface area contributed by atoms with Gasteiger partial charge in [0.05, 0.1) is 24.8 Å². The maximum absolute atomic E-state index is 13.0. The standard InChI is InChI=1S/C23H22FN5O3/c1-15-13-29(14-26-15)19-8-3-16(11-20(19)31-2)12-21-22(25-9-10-32-21)28-23(30)27-18-6-4-17(24)5-7-18/h3-8,11-14H,9-10H2,1-2H3,(H2,25,27,28,30)/p+1/b21-12-. The van der Waals surface area contributed by atoms with E-state index in [0.717, 1.165) is 16.9 Å². The molecular formula is C23H23FN5O3+. The van der Waals surface area contributed by atoms with Crippen molar-refractivity contribution in [1.29, 1.82) is 0 Å². The number of amides is 2. The molecule has 0 unspecified atom stereocenters. The normalized spacial score (nSPS) is 16.1. The van der Waals surface area contributed by atoms with Gasteiger partial charge >= 0.3 is 6.03 Å². The Hall–Kier alpha value is -3.98. The molecule has 3 N–H and O–H groups in total. The summed E-state index contributed by atoms with van der Waals surface area (Å²) in [6.07, 6.45) is 5.46. The van der Waals surface area contributed by atoms with Crippen molar-refractivity contribution >= 4 is 23.6 Å². The number of anilines is 1. The van der Waals surface area contributed by atoms with Crippen LogP contribution in [0.15, 0.2) is 65.7 Å². The molecule has 32 heavy (non-hydrogen) atoms. The highest BCUT2D eigenvalue weighted by molar-refractivity contribution is 6.04. The predicted molar refractivity (Wildman–Crippen MR) is 118 cm³/mol. The number of nitrogens with two attached hydrogens (primary N) is 1. The molecule has 0 bridgehead atoms. The summed E-state index contributed by atoms with van der Waals surface area (Å²) in [7, 11) is 1.61. The van der Waals surface area contributed by atoms with Crippen molar-refractivity contribution in [3.05, 3.63) is 77.8 Å². The summed E-state index contributed by atoms with van der Waals surface area (Å²) in [5.74, 6) is 1.21. The van der Waals surface area contributed by atoms with E-state index in [9.17, 15) is 9.18 Å². The number of nitrogens with zero attached hydrogens (tertiary/aromatic N) is 3. The summed E-state index contributed by atoms with van der Waals surface area (Å²) in [5, 5.41) is 4.47. The van der Waals surface area contributed by atoms with Gasteiger partial charge in [-0.25, -0.2) is 14.2 Å². The minimum atomic E-state index is -0.567. The van der Waals surface area contributed by atoms with E-state index < -0.39 is 6.03 Å². The van der Waals surface area contributed by atoms with Crippen LogP contribution in [0.25, 0.3) is 11.8 Å². The fourth-order valence-electron chi connectivity index (χ4n) is 3.25. The molecule has 0 spiro atoms. The highest BCUT2D eigenvalue weighted by atomic mass is 19.1. The molecule has 3 aromatic rings. The number of hydrogen-bond acceptors (Lipinski definition) is 4. The van der Waals surface area contributed by atoms with Gasteiger partial charge in [0.1, 0.15) is 24.7 Å². The molecule has 1 aliphatic heterocycles. The molecule has 9 heteroatoms. The lowest BCUT2D eigenvalue weighted by Crippen LogP contribution is -2.91. The van der Waals surface area contributed by atoms with Crippen molar-refractivity contribution in [2.45, 2.75) is 6.92 Å². The number of urea groups is 1. The van der Waals surface area contributed by atoms with Gasteiger partial charge in [0, 0.05) is 11.9 Å². The van der Waals surface area contributed by atoms with Crippen LogP contribution in [0.5, 0.6) is 5.75 Å². The van der Waals surface area contributed by atoms with Crippen molar-refractivity contribution in [3.8, 4) is 11.4 Å². The SMILES string of the molecule is COc1cc(/C=C2\OCC[NH2+]\C2=N/C(=O)Nc2ccc(F)cc2)ccc1-n1cnc(C)c1. The minimum absolute atomic E-state index is 0.377. The molecule has 2 heterocycles. The molecule has 2 aromatic carbocycles. The third-order valence-electron chi connectivity index (χ3n) is 4.77. The average Bonchev–Trinajstić information content (AvgIpc) is 3.22. The van der Waals surface area contributed by atoms with Crippen molar-refractivity contribution in [2.24, 2.45) is 4.99 Å². The van der Waals surface area contributed by atoms with Gasteiger partial charge in [-0.3, -0.25) is 5.32 Å². The first-order valence-corrected chi connectivity index (χ1v) is 10.0. The fraction of sp³-hybridized carbons (Fsp3) is 0.174. The summed E-state index contributed by atoms with van der Waals surface area (Å²) in [6.45, 7) is 3.06. The van der Waals surface area contributed by atoms with E-state index in [4.69, 9.17) is 9.47 Å². The lowest BCUT2D eigenvalue weighted by atomic mass is 10.1. The number of aromatic nitrogens is 2. The molecule has 2 amide bonds. The van der Waals surface area contributed by atoms with Crippen molar-refractivity contribution in [1.82, 2.24) is 9.55 Å². The third kappa shape index (κ3) is 5.01. The van der Waals surface area contributed by atoms with Gasteiger partial charge < -0.3 is 19.4 Å². The number of carbonyl (C=O) groups is 1. The van der Waals surface area contributed by atoms with E-state index in [1.54, 1.807) is 13.4 Å². The van der Waals surface area contributed by atoms with Crippen LogP contribution in [-0.4, -0.2) is 41.7 Å². The van der Waals surface area contributed by atoms with Gasteiger partial charge in [-0.05, 0) is 55.0 Å². The Balaban J connectivity index is 1.57. The predicted octanol–water partition coefficient (Wildman–Crippen LogP) is 2.89. The summed E-state index contributed by atoms with van der Waals surface area (Å²) < 4.78 is 26.3. The smallest absolute Gasteiger partial charge is 0.350 e. The number of amidine groups is 1. The quantitative estimate of drug-likeness (QED) is 0.658. The largest absolute Gasteiger partial charge is 0.495 e. The maximum Gasteiger partial charge on any atom is 0.350 e. The maximum atomic E-state index is 13.0. The van der Waals surface area contributed by atoms with E-state index in [2.05, 4.69) is 15.3 Å². The van der Waals surface area contributed by atoms with Crippen molar-refractivity contribution in [3.63, 3.8) is 0 Å². The molecule has 164 valence electrons. The van der Waals surface area contributed by atoms with Crippen molar-refractivity contribution in [2.75, 3.05) is 25.6 Å². The lowest BCUT2D eigenvalue weighted by molar-refractivity contribution is -0.550. The lowest BCUT2D eigenvalue weighted by Gasteiger charge is -2.16. The van der Waals surface area contributed by atoms with Gasteiger partial charge in [-0.1, -0.05) is 6.07 Å². The van der Waals surface area contributed by atoms with Crippen LogP contribution < -0.4 is 15.4 Å². The number of morpholine rings is 1. The van der Waals surface area contributed by atoms with Gasteiger partial charge in [0.15, 0.2) is 0 Å². The van der Waals surface area contributed by atoms with Crippen LogP contribution in [0.4, 0.5) is 14.9 Å². The highest BCUT2D eigenvalue weighted by Gasteiger charge is 2.21. The average molecular weight is 436 g/mol. The number of imidazole rings is 1. The summed E-state index contributed by atoms with van der Waals surface area (Å²) in [5.41, 5.74) is 3.06. The van der Waals surface area contributed by atoms with Gasteiger partial charge in [0.25, 0.3) is 5.84 Å². The molecule has 1 saturated heterocycles. The Morgan fingerprint density at radius 3 is 2.84 bits per heavy atom. The molecule has 0 aliphatic carbocycles. The number of rotatable bonds is 4. The second-order valence-corrected chi connectivity index (χ2v) is 7.14. The second-order valence-electron chi connectivity index (χ2n) is 7.14. The number of hydrogen-bond donors (Lipinski definition) is 2. The summed E-state index contributed by atoms with van der Waals surface area (Å²) in [6, 6.07) is 10.7. The van der Waals surface area contributed by atoms with Crippen LogP contribution >= 0.6 is 0 Å². The van der Waals surface area contributed by atoms with Crippen LogP contribution in [0.2, 0.25) is 0 Å². The number of aryl methyl sites for hydroxylation is 1. The monoisotopic (exact) mass is 436 g/mol. The van der Waals surface area contributed by atoms with E-state index >= 15 is 0 Å². The van der Waals surface area contributed by atoms with Crippen LogP contribution in [0.3, 0.4) is 0 Å². The first kappa shape index (κ1) is 21.3. The van der Waals surface area contributed by atoms with E-state index in [-0.39, 0.29) is 5.82 Å². The van der Waals surface area contributed by atoms with Crippen molar-refractivity contribution < 1.29 is 24.0 Å². The molecule has 4 rings (SSSR count). The Kier molecular flexibility index (Phi) is 6.27. The number of aliphatic imine (C=N–C) groups is 1. The zero-order chi connectivity index (χ0) is 22.5. The van der Waals surface area contributed by atoms with Gasteiger partial charge in [-0.15, -0.1) is 4.99 Å². The Labute approximate surface area is 184 Å². The molecule has 0 saturated carbocycles. The molecular weight excluding hydrogens is 413 g/mol. The number of methoxy groups -OCH3 is 1. The zero-order valence-electron chi connectivity index (χ0n) is 17.7. The van der Waals surface area contributed by atoms with Crippen LogP contribution in [0.1, 0.15) is 11.3 Å². The minimum Gasteiger partial charge on any atom is -0.495 e. The van der Waals surface area contributed by atoms with Crippen LogP contribution in [0, 0.1) is 12.7 Å². The van der Waals surface area contributed by atoms with Crippen LogP contribution in [-0.2, 0) is 4.74 Å². The fourth-order valence-corrected chi connectivity index (χ4v) is 3.25. The Bertz CT molecular complexity index is 1180. The number of halogens is 1. The number of quaternary nitrogens is 1. The number of ether oxygens (including phenoxy) is 2. The topological polar surface area (TPSA) is 94.4 Å². The second kappa shape index (κ2) is 9.44. The molecule has 0 radical (unpaired) electrons. The molecule has 1 aliphatic rings. The first-order chi connectivity index (χ1) is 15.5. The Morgan fingerprint density at radius 2 is 2.12 bits per heavy atom. The van der Waals surface area contributed by atoms with E-state index in [1.807, 2.05) is 47.3 Å². The number of benzene rings is 2. The first-order valence-electron chi connectivity index (χ1n) is 10.0. The third-order valence-corrected chi connectivity index (χ3v) is 4.77. The number of carbonyl (C=O) groups excluding carboxylic acids is 1. The summed E-state index contributed by atoms with van der Waals surface area (Å²) in [4.78, 5) is 20.7. The molecule has 8 nitrogen and oxygen atoms in total. The zero-order valence-corrected chi connectivity index (χ0v) is 17.7. The molecule has 1 fully saturated rings. The Morgan fingerprint density at radius 1 is 1.31 bits per heavy atom. The molecule has 1 aromatic heterocycles. The van der Waals surface area contributed by atoms with E-state index in [1.165, 1.54) is 24.3 Å². The highest BCUT2D eigenvalue weighted by Crippen LogP contribution is 2.26. The summed E-state index contributed by atoms with van der Waals surface area (Å²) >= 11 is 0. The molecule has 0 atom stereocenters.